The van der Waals surface area contributed by atoms with Crippen LogP contribution in [0.2, 0.25) is 0 Å². The molecule has 3 heteroatoms. The van der Waals surface area contributed by atoms with E-state index in [1.54, 1.807) is 7.11 Å². The Hall–Kier alpha value is -1.42. The van der Waals surface area contributed by atoms with Gasteiger partial charge < -0.3 is 15.4 Å². The van der Waals surface area contributed by atoms with Crippen LogP contribution in [-0.4, -0.2) is 39.4 Å². The summed E-state index contributed by atoms with van der Waals surface area (Å²) in [6.07, 6.45) is 1.06. The lowest BCUT2D eigenvalue weighted by Crippen LogP contribution is -2.38. The van der Waals surface area contributed by atoms with Gasteiger partial charge in [-0.25, -0.2) is 0 Å². The minimum atomic E-state index is 0.469. The van der Waals surface area contributed by atoms with Crippen molar-refractivity contribution in [3.63, 3.8) is 0 Å². The summed E-state index contributed by atoms with van der Waals surface area (Å²) >= 11 is 0. The summed E-state index contributed by atoms with van der Waals surface area (Å²) in [5.74, 6) is 0. The van der Waals surface area contributed by atoms with E-state index in [2.05, 4.69) is 60.0 Å². The fourth-order valence-electron chi connectivity index (χ4n) is 2.53. The summed E-state index contributed by atoms with van der Waals surface area (Å²) in [6.45, 7) is 5.86. The van der Waals surface area contributed by atoms with E-state index >= 15 is 0 Å². The van der Waals surface area contributed by atoms with E-state index < -0.39 is 0 Å². The number of benzene rings is 2. The SMILES string of the molecule is COCCNCC(C)NCCc1cccc2ccccc12. The maximum atomic E-state index is 5.02. The molecule has 1 atom stereocenters. The molecule has 2 N–H and O–H groups in total. The van der Waals surface area contributed by atoms with Crippen molar-refractivity contribution >= 4 is 10.8 Å². The van der Waals surface area contributed by atoms with Gasteiger partial charge in [0.1, 0.15) is 0 Å². The molecule has 3 nitrogen and oxygen atoms in total. The molecular formula is C18H26N2O. The monoisotopic (exact) mass is 286 g/mol. The van der Waals surface area contributed by atoms with Crippen LogP contribution in [0, 0.1) is 0 Å². The summed E-state index contributed by atoms with van der Waals surface area (Å²) in [5.41, 5.74) is 1.42. The molecule has 0 aliphatic heterocycles. The predicted molar refractivity (Wildman–Crippen MR) is 89.9 cm³/mol. The zero-order valence-electron chi connectivity index (χ0n) is 13.1. The number of nitrogens with one attached hydrogen (secondary N) is 2. The number of methoxy groups -OCH3 is 1. The second-order valence-corrected chi connectivity index (χ2v) is 5.44. The van der Waals surface area contributed by atoms with E-state index in [0.717, 1.165) is 32.7 Å². The van der Waals surface area contributed by atoms with E-state index in [1.165, 1.54) is 16.3 Å². The molecule has 0 radical (unpaired) electrons. The molecule has 0 aliphatic rings. The zero-order chi connectivity index (χ0) is 14.9. The third-order valence-electron chi connectivity index (χ3n) is 3.70. The van der Waals surface area contributed by atoms with Gasteiger partial charge >= 0.3 is 0 Å². The first-order valence-corrected chi connectivity index (χ1v) is 7.71. The van der Waals surface area contributed by atoms with Crippen molar-refractivity contribution in [1.29, 1.82) is 0 Å². The number of hydrogen-bond acceptors (Lipinski definition) is 3. The quantitative estimate of drug-likeness (QED) is 0.695. The molecule has 2 rings (SSSR count). The van der Waals surface area contributed by atoms with Gasteiger partial charge in [-0.15, -0.1) is 0 Å². The Kier molecular flexibility index (Phi) is 6.67. The Morgan fingerprint density at radius 2 is 1.86 bits per heavy atom. The minimum Gasteiger partial charge on any atom is -0.383 e. The van der Waals surface area contributed by atoms with Crippen LogP contribution in [-0.2, 0) is 11.2 Å². The first-order valence-electron chi connectivity index (χ1n) is 7.71. The van der Waals surface area contributed by atoms with E-state index in [4.69, 9.17) is 4.74 Å². The minimum absolute atomic E-state index is 0.469. The third kappa shape index (κ3) is 5.12. The summed E-state index contributed by atoms with van der Waals surface area (Å²) < 4.78 is 5.02. The fraction of sp³-hybridized carbons (Fsp3) is 0.444. The van der Waals surface area contributed by atoms with E-state index in [9.17, 15) is 0 Å². The van der Waals surface area contributed by atoms with Crippen molar-refractivity contribution in [3.8, 4) is 0 Å². The maximum Gasteiger partial charge on any atom is 0.0587 e. The Labute approximate surface area is 127 Å². The number of rotatable bonds is 9. The van der Waals surface area contributed by atoms with Gasteiger partial charge in [-0.05, 0) is 36.2 Å². The van der Waals surface area contributed by atoms with Crippen molar-refractivity contribution < 1.29 is 4.74 Å². The summed E-state index contributed by atoms with van der Waals surface area (Å²) in [4.78, 5) is 0. The van der Waals surface area contributed by atoms with Gasteiger partial charge in [0.05, 0.1) is 6.61 Å². The largest absolute Gasteiger partial charge is 0.383 e. The van der Waals surface area contributed by atoms with Crippen LogP contribution in [0.3, 0.4) is 0 Å². The molecule has 0 saturated carbocycles. The zero-order valence-corrected chi connectivity index (χ0v) is 13.1. The average molecular weight is 286 g/mol. The van der Waals surface area contributed by atoms with Crippen molar-refractivity contribution in [2.75, 3.05) is 33.4 Å². The van der Waals surface area contributed by atoms with Crippen molar-refractivity contribution in [3.05, 3.63) is 48.0 Å². The number of hydrogen-bond donors (Lipinski definition) is 2. The highest BCUT2D eigenvalue weighted by Crippen LogP contribution is 2.18. The lowest BCUT2D eigenvalue weighted by atomic mass is 10.0. The lowest BCUT2D eigenvalue weighted by Gasteiger charge is -2.15. The second kappa shape index (κ2) is 8.78. The van der Waals surface area contributed by atoms with Crippen LogP contribution >= 0.6 is 0 Å². The standard InChI is InChI=1S/C18H26N2O/c1-15(14-19-12-13-21-2)20-11-10-17-8-5-7-16-6-3-4-9-18(16)17/h3-9,15,19-20H,10-14H2,1-2H3. The third-order valence-corrected chi connectivity index (χ3v) is 3.70. The normalized spacial score (nSPS) is 12.7. The molecule has 0 aliphatic carbocycles. The maximum absolute atomic E-state index is 5.02. The van der Waals surface area contributed by atoms with E-state index in [1.807, 2.05) is 0 Å². The summed E-state index contributed by atoms with van der Waals surface area (Å²) in [7, 11) is 1.73. The summed E-state index contributed by atoms with van der Waals surface area (Å²) in [6, 6.07) is 15.6. The van der Waals surface area contributed by atoms with Crippen LogP contribution in [0.1, 0.15) is 12.5 Å². The van der Waals surface area contributed by atoms with Gasteiger partial charge in [-0.2, -0.15) is 0 Å². The molecule has 114 valence electrons. The van der Waals surface area contributed by atoms with Gasteiger partial charge in [0.15, 0.2) is 0 Å². The first-order chi connectivity index (χ1) is 10.3. The molecular weight excluding hydrogens is 260 g/mol. The van der Waals surface area contributed by atoms with Crippen LogP contribution in [0.15, 0.2) is 42.5 Å². The first kappa shape index (κ1) is 16.0. The molecule has 2 aromatic rings. The molecule has 21 heavy (non-hydrogen) atoms. The van der Waals surface area contributed by atoms with Crippen molar-refractivity contribution in [2.24, 2.45) is 0 Å². The molecule has 0 fully saturated rings. The topological polar surface area (TPSA) is 33.3 Å². The highest BCUT2D eigenvalue weighted by atomic mass is 16.5. The van der Waals surface area contributed by atoms with Gasteiger partial charge in [-0.3, -0.25) is 0 Å². The smallest absolute Gasteiger partial charge is 0.0587 e. The predicted octanol–water partition coefficient (Wildman–Crippen LogP) is 2.60. The molecule has 0 heterocycles. The second-order valence-electron chi connectivity index (χ2n) is 5.44. The number of ether oxygens (including phenoxy) is 1. The Morgan fingerprint density at radius 1 is 1.05 bits per heavy atom. The van der Waals surface area contributed by atoms with Crippen LogP contribution in [0.25, 0.3) is 10.8 Å². The van der Waals surface area contributed by atoms with Gasteiger partial charge in [0, 0.05) is 26.2 Å². The Bertz CT molecular complexity index is 536. The van der Waals surface area contributed by atoms with Crippen LogP contribution in [0.4, 0.5) is 0 Å². The Morgan fingerprint density at radius 3 is 2.71 bits per heavy atom. The average Bonchev–Trinajstić information content (AvgIpc) is 2.52. The molecule has 0 saturated heterocycles. The number of fused-ring (bicyclic) bond motifs is 1. The van der Waals surface area contributed by atoms with Gasteiger partial charge in [0.25, 0.3) is 0 Å². The fourth-order valence-corrected chi connectivity index (χ4v) is 2.53. The molecule has 0 spiro atoms. The van der Waals surface area contributed by atoms with E-state index in [-0.39, 0.29) is 0 Å². The van der Waals surface area contributed by atoms with Crippen molar-refractivity contribution in [2.45, 2.75) is 19.4 Å². The molecule has 0 amide bonds. The highest BCUT2D eigenvalue weighted by molar-refractivity contribution is 5.85. The van der Waals surface area contributed by atoms with E-state index in [0.29, 0.717) is 6.04 Å². The molecule has 0 bridgehead atoms. The molecule has 0 aromatic heterocycles. The lowest BCUT2D eigenvalue weighted by molar-refractivity contribution is 0.198. The summed E-state index contributed by atoms with van der Waals surface area (Å²) in [5, 5.41) is 9.64. The highest BCUT2D eigenvalue weighted by Gasteiger charge is 2.03. The van der Waals surface area contributed by atoms with Gasteiger partial charge in [0.2, 0.25) is 0 Å². The Balaban J connectivity index is 1.77. The molecule has 2 aromatic carbocycles. The van der Waals surface area contributed by atoms with Crippen LogP contribution in [0.5, 0.6) is 0 Å². The molecule has 1 unspecified atom stereocenters. The van der Waals surface area contributed by atoms with Gasteiger partial charge in [-0.1, -0.05) is 42.5 Å². The van der Waals surface area contributed by atoms with Crippen LogP contribution < -0.4 is 10.6 Å². The van der Waals surface area contributed by atoms with Crippen molar-refractivity contribution in [1.82, 2.24) is 10.6 Å².